The fourth-order valence-electron chi connectivity index (χ4n) is 2.99. The molecule has 0 aliphatic carbocycles. The van der Waals surface area contributed by atoms with Gasteiger partial charge in [-0.2, -0.15) is 0 Å². The lowest BCUT2D eigenvalue weighted by molar-refractivity contribution is -0.141. The van der Waals surface area contributed by atoms with Crippen molar-refractivity contribution in [2.75, 3.05) is 19.0 Å². The van der Waals surface area contributed by atoms with Gasteiger partial charge in [0.05, 0.1) is 13.1 Å². The van der Waals surface area contributed by atoms with Crippen molar-refractivity contribution in [1.29, 1.82) is 0 Å². The van der Waals surface area contributed by atoms with Crippen molar-refractivity contribution in [1.82, 2.24) is 9.80 Å². The molecule has 1 heterocycles. The summed E-state index contributed by atoms with van der Waals surface area (Å²) < 4.78 is 5.67. The number of amides is 2. The van der Waals surface area contributed by atoms with Crippen molar-refractivity contribution in [3.05, 3.63) is 59.5 Å². The van der Waals surface area contributed by atoms with E-state index in [9.17, 15) is 9.59 Å². The van der Waals surface area contributed by atoms with E-state index < -0.39 is 0 Å². The van der Waals surface area contributed by atoms with E-state index in [0.717, 1.165) is 17.1 Å². The Morgan fingerprint density at radius 2 is 1.71 bits per heavy atom. The molecule has 0 unspecified atom stereocenters. The van der Waals surface area contributed by atoms with Crippen molar-refractivity contribution >= 4 is 23.4 Å². The van der Waals surface area contributed by atoms with E-state index in [1.54, 1.807) is 9.80 Å². The number of carbonyl (C=O) groups excluding carboxylic acids is 2. The number of halogens is 1. The minimum atomic E-state index is -0.110. The zero-order valence-electron chi connectivity index (χ0n) is 16.9. The Morgan fingerprint density at radius 3 is 2.29 bits per heavy atom. The summed E-state index contributed by atoms with van der Waals surface area (Å²) in [5.41, 5.74) is 1.03. The Kier molecular flexibility index (Phi) is 8.58. The number of hydrogen-bond acceptors (Lipinski definition) is 3. The highest BCUT2D eigenvalue weighted by atomic mass is 35.5. The van der Waals surface area contributed by atoms with Crippen LogP contribution in [0.3, 0.4) is 0 Å². The highest BCUT2D eigenvalue weighted by Crippen LogP contribution is 2.14. The van der Waals surface area contributed by atoms with Crippen LogP contribution < -0.4 is 0 Å². The summed E-state index contributed by atoms with van der Waals surface area (Å²) in [6, 6.07) is 13.6. The molecule has 0 radical (unpaired) electrons. The molecule has 1 aromatic heterocycles. The van der Waals surface area contributed by atoms with Gasteiger partial charge < -0.3 is 14.2 Å². The monoisotopic (exact) mass is 404 g/mol. The largest absolute Gasteiger partial charge is 0.464 e. The Labute approximate surface area is 172 Å². The van der Waals surface area contributed by atoms with E-state index in [2.05, 4.69) is 0 Å². The third-order valence-corrected chi connectivity index (χ3v) is 4.47. The van der Waals surface area contributed by atoms with E-state index in [1.165, 1.54) is 0 Å². The Bertz CT molecular complexity index is 758. The van der Waals surface area contributed by atoms with Gasteiger partial charge in [0, 0.05) is 25.4 Å². The van der Waals surface area contributed by atoms with Crippen molar-refractivity contribution < 1.29 is 14.0 Å². The van der Waals surface area contributed by atoms with Crippen molar-refractivity contribution in [2.45, 2.75) is 40.3 Å². The zero-order valence-corrected chi connectivity index (χ0v) is 17.6. The maximum atomic E-state index is 13.1. The van der Waals surface area contributed by atoms with Crippen molar-refractivity contribution in [3.63, 3.8) is 0 Å². The summed E-state index contributed by atoms with van der Waals surface area (Å²) in [6.45, 7) is 7.32. The highest BCUT2D eigenvalue weighted by molar-refractivity contribution is 6.18. The van der Waals surface area contributed by atoms with Crippen LogP contribution in [0.15, 0.2) is 46.9 Å². The summed E-state index contributed by atoms with van der Waals surface area (Å²) in [5, 5.41) is 0. The molecule has 152 valence electrons. The Hall–Kier alpha value is -2.27. The third kappa shape index (κ3) is 7.04. The van der Waals surface area contributed by atoms with Crippen LogP contribution in [0.25, 0.3) is 0 Å². The first-order valence-corrected chi connectivity index (χ1v) is 10.1. The maximum absolute atomic E-state index is 13.1. The topological polar surface area (TPSA) is 53.8 Å². The van der Waals surface area contributed by atoms with Gasteiger partial charge in [-0.3, -0.25) is 9.59 Å². The average molecular weight is 405 g/mol. The number of alkyl halides is 1. The molecule has 5 nitrogen and oxygen atoms in total. The molecule has 0 atom stereocenters. The molecule has 2 amide bonds. The van der Waals surface area contributed by atoms with E-state index in [-0.39, 0.29) is 36.6 Å². The predicted molar refractivity (Wildman–Crippen MR) is 111 cm³/mol. The van der Waals surface area contributed by atoms with Crippen molar-refractivity contribution in [2.24, 2.45) is 5.92 Å². The molecule has 0 aliphatic rings. The van der Waals surface area contributed by atoms with Crippen LogP contribution in [0, 0.1) is 12.8 Å². The SMILES string of the molecule is Cc1ccc(CN(Cc2ccccc2)C(=O)CN(CC(C)C)C(=O)CCCl)o1. The van der Waals surface area contributed by atoms with Crippen LogP contribution in [0.1, 0.15) is 37.4 Å². The van der Waals surface area contributed by atoms with E-state index in [4.69, 9.17) is 16.0 Å². The number of aryl methyl sites for hydroxylation is 1. The summed E-state index contributed by atoms with van der Waals surface area (Å²) in [6.07, 6.45) is 0.234. The first-order valence-electron chi connectivity index (χ1n) is 9.59. The number of benzene rings is 1. The van der Waals surface area contributed by atoms with Gasteiger partial charge in [0.25, 0.3) is 0 Å². The minimum absolute atomic E-state index is 0.0421. The van der Waals surface area contributed by atoms with Gasteiger partial charge in [0.1, 0.15) is 11.5 Å². The molecule has 0 N–H and O–H groups in total. The predicted octanol–water partition coefficient (Wildman–Crippen LogP) is 4.23. The second-order valence-corrected chi connectivity index (χ2v) is 7.73. The molecular weight excluding hydrogens is 376 g/mol. The smallest absolute Gasteiger partial charge is 0.242 e. The molecule has 28 heavy (non-hydrogen) atoms. The lowest BCUT2D eigenvalue weighted by Gasteiger charge is -2.28. The normalized spacial score (nSPS) is 10.9. The Balaban J connectivity index is 2.16. The van der Waals surface area contributed by atoms with Gasteiger partial charge in [-0.15, -0.1) is 11.6 Å². The van der Waals surface area contributed by atoms with E-state index >= 15 is 0 Å². The summed E-state index contributed by atoms with van der Waals surface area (Å²) >= 11 is 5.74. The molecule has 0 saturated carbocycles. The standard InChI is InChI=1S/C22H29ClN2O3/c1-17(2)13-24(21(26)11-12-23)16-22(27)25(14-19-7-5-4-6-8-19)15-20-10-9-18(3)28-20/h4-10,17H,11-16H2,1-3H3. The van der Waals surface area contributed by atoms with Gasteiger partial charge >= 0.3 is 0 Å². The van der Waals surface area contributed by atoms with Crippen LogP contribution in [0.5, 0.6) is 0 Å². The molecule has 0 bridgehead atoms. The summed E-state index contributed by atoms with van der Waals surface area (Å²) in [4.78, 5) is 28.9. The van der Waals surface area contributed by atoms with Gasteiger partial charge in [-0.05, 0) is 30.5 Å². The van der Waals surface area contributed by atoms with E-state index in [0.29, 0.717) is 19.6 Å². The van der Waals surface area contributed by atoms with Crippen LogP contribution in [0.2, 0.25) is 0 Å². The quantitative estimate of drug-likeness (QED) is 0.557. The molecule has 2 rings (SSSR count). The molecule has 6 heteroatoms. The molecule has 0 fully saturated rings. The molecule has 0 saturated heterocycles. The third-order valence-electron chi connectivity index (χ3n) is 4.28. The lowest BCUT2D eigenvalue weighted by atomic mass is 10.2. The molecule has 2 aromatic rings. The number of nitrogens with zero attached hydrogens (tertiary/aromatic N) is 2. The Morgan fingerprint density at radius 1 is 1.00 bits per heavy atom. The molecule has 0 spiro atoms. The van der Waals surface area contributed by atoms with Gasteiger partial charge in [0.2, 0.25) is 11.8 Å². The number of rotatable bonds is 10. The lowest BCUT2D eigenvalue weighted by Crippen LogP contribution is -2.44. The fourth-order valence-corrected chi connectivity index (χ4v) is 3.15. The van der Waals surface area contributed by atoms with Gasteiger partial charge in [-0.25, -0.2) is 0 Å². The number of hydrogen-bond donors (Lipinski definition) is 0. The molecule has 0 aliphatic heterocycles. The zero-order chi connectivity index (χ0) is 20.5. The number of furan rings is 1. The van der Waals surface area contributed by atoms with Crippen LogP contribution >= 0.6 is 11.6 Å². The molecular formula is C22H29ClN2O3. The highest BCUT2D eigenvalue weighted by Gasteiger charge is 2.23. The number of carbonyl (C=O) groups is 2. The van der Waals surface area contributed by atoms with E-state index in [1.807, 2.05) is 63.2 Å². The second kappa shape index (κ2) is 10.9. The van der Waals surface area contributed by atoms with Crippen LogP contribution in [0.4, 0.5) is 0 Å². The minimum Gasteiger partial charge on any atom is -0.464 e. The maximum Gasteiger partial charge on any atom is 0.242 e. The fraction of sp³-hybridized carbons (Fsp3) is 0.455. The first kappa shape index (κ1) is 22.0. The van der Waals surface area contributed by atoms with Crippen LogP contribution in [-0.2, 0) is 22.7 Å². The average Bonchev–Trinajstić information content (AvgIpc) is 3.06. The summed E-state index contributed by atoms with van der Waals surface area (Å²) in [7, 11) is 0. The van der Waals surface area contributed by atoms with Gasteiger partial charge in [0.15, 0.2) is 0 Å². The van der Waals surface area contributed by atoms with Crippen molar-refractivity contribution in [3.8, 4) is 0 Å². The van der Waals surface area contributed by atoms with Crippen LogP contribution in [-0.4, -0.2) is 40.6 Å². The summed E-state index contributed by atoms with van der Waals surface area (Å²) in [5.74, 6) is 1.85. The molecule has 1 aromatic carbocycles. The second-order valence-electron chi connectivity index (χ2n) is 7.35. The first-order chi connectivity index (χ1) is 13.4. The van der Waals surface area contributed by atoms with Gasteiger partial charge in [-0.1, -0.05) is 44.2 Å².